The number of ketones is 1. The van der Waals surface area contributed by atoms with Gasteiger partial charge in [0, 0.05) is 12.6 Å². The lowest BCUT2D eigenvalue weighted by atomic mass is 10.1. The Morgan fingerprint density at radius 1 is 1.38 bits per heavy atom. The molecule has 2 heterocycles. The third-order valence-corrected chi connectivity index (χ3v) is 3.02. The van der Waals surface area contributed by atoms with Gasteiger partial charge in [-0.15, -0.1) is 0 Å². The van der Waals surface area contributed by atoms with Crippen molar-refractivity contribution in [2.75, 3.05) is 0 Å². The summed E-state index contributed by atoms with van der Waals surface area (Å²) in [6, 6.07) is 2.04. The average Bonchev–Trinajstić information content (AvgIpc) is 2.80. The number of nitrogens with zero attached hydrogens (tertiary/aromatic N) is 2. The molecule has 16 heavy (non-hydrogen) atoms. The lowest BCUT2D eigenvalue weighted by Crippen LogP contribution is -2.04. The van der Waals surface area contributed by atoms with Crippen molar-refractivity contribution >= 4 is 17.1 Å². The highest BCUT2D eigenvalue weighted by Gasteiger charge is 2.07. The molecule has 0 fully saturated rings. The van der Waals surface area contributed by atoms with Crippen LogP contribution >= 0.6 is 11.3 Å². The monoisotopic (exact) mass is 232 g/mol. The summed E-state index contributed by atoms with van der Waals surface area (Å²) >= 11 is 1.65. The molecule has 0 atom stereocenters. The normalized spacial score (nSPS) is 10.3. The van der Waals surface area contributed by atoms with Crippen molar-refractivity contribution < 1.29 is 4.79 Å². The maximum Gasteiger partial charge on any atom is 0.183 e. The van der Waals surface area contributed by atoms with Gasteiger partial charge in [0.1, 0.15) is 5.69 Å². The molecule has 4 heteroatoms. The fourth-order valence-corrected chi connectivity index (χ4v) is 2.06. The minimum Gasteiger partial charge on any atom is -0.292 e. The van der Waals surface area contributed by atoms with Gasteiger partial charge in [0.05, 0.1) is 11.9 Å². The third-order valence-electron chi connectivity index (χ3n) is 2.29. The van der Waals surface area contributed by atoms with Crippen LogP contribution in [0.15, 0.2) is 29.2 Å². The fraction of sp³-hybridized carbons (Fsp3) is 0.250. The smallest absolute Gasteiger partial charge is 0.183 e. The van der Waals surface area contributed by atoms with Crippen LogP contribution in [0, 0.1) is 6.92 Å². The van der Waals surface area contributed by atoms with Crippen molar-refractivity contribution in [2.45, 2.75) is 19.8 Å². The molecule has 0 saturated carbocycles. The first kappa shape index (κ1) is 11.0. The van der Waals surface area contributed by atoms with Crippen molar-refractivity contribution in [3.05, 3.63) is 46.2 Å². The van der Waals surface area contributed by atoms with Crippen molar-refractivity contribution in [3.8, 4) is 0 Å². The number of hydrogen-bond donors (Lipinski definition) is 0. The van der Waals surface area contributed by atoms with E-state index in [0.717, 1.165) is 12.1 Å². The van der Waals surface area contributed by atoms with Crippen LogP contribution in [0.3, 0.4) is 0 Å². The summed E-state index contributed by atoms with van der Waals surface area (Å²) in [5, 5.41) is 4.08. The van der Waals surface area contributed by atoms with Crippen LogP contribution in [0.4, 0.5) is 0 Å². The molecule has 0 radical (unpaired) electrons. The van der Waals surface area contributed by atoms with Crippen LogP contribution in [0.25, 0.3) is 0 Å². The second-order valence-corrected chi connectivity index (χ2v) is 4.38. The quantitative estimate of drug-likeness (QED) is 0.761. The molecule has 0 aromatic carbocycles. The molecular formula is C12H12N2OS. The molecule has 0 amide bonds. The Balaban J connectivity index is 1.95. The molecule has 0 saturated heterocycles. The van der Waals surface area contributed by atoms with Gasteiger partial charge >= 0.3 is 0 Å². The third kappa shape index (κ3) is 2.73. The number of aryl methyl sites for hydroxylation is 2. The summed E-state index contributed by atoms with van der Waals surface area (Å²) in [4.78, 5) is 19.9. The highest BCUT2D eigenvalue weighted by Crippen LogP contribution is 2.10. The minimum atomic E-state index is 0.0544. The topological polar surface area (TPSA) is 42.9 Å². The first-order valence-corrected chi connectivity index (χ1v) is 6.03. The molecule has 2 aromatic rings. The maximum atomic E-state index is 11.8. The predicted molar refractivity (Wildman–Crippen MR) is 63.7 cm³/mol. The van der Waals surface area contributed by atoms with Gasteiger partial charge in [0.25, 0.3) is 0 Å². The van der Waals surface area contributed by atoms with Gasteiger partial charge in [0.15, 0.2) is 5.78 Å². The number of Topliss-reactive ketones (excluding diaryl/α,β-unsaturated/α-hetero) is 1. The first-order chi connectivity index (χ1) is 7.75. The van der Waals surface area contributed by atoms with Crippen molar-refractivity contribution in [1.82, 2.24) is 9.97 Å². The molecule has 0 N–H and O–H groups in total. The Kier molecular flexibility index (Phi) is 3.41. The zero-order valence-corrected chi connectivity index (χ0v) is 9.83. The molecule has 0 unspecified atom stereocenters. The van der Waals surface area contributed by atoms with Crippen molar-refractivity contribution in [3.63, 3.8) is 0 Å². The molecule has 3 nitrogen and oxygen atoms in total. The number of hydrogen-bond acceptors (Lipinski definition) is 4. The molecule has 0 spiro atoms. The van der Waals surface area contributed by atoms with E-state index >= 15 is 0 Å². The predicted octanol–water partition coefficient (Wildman–Crippen LogP) is 2.66. The zero-order chi connectivity index (χ0) is 11.4. The molecule has 2 aromatic heterocycles. The van der Waals surface area contributed by atoms with Crippen LogP contribution in [-0.2, 0) is 6.42 Å². The molecule has 0 aliphatic carbocycles. The Morgan fingerprint density at radius 3 is 2.88 bits per heavy atom. The molecule has 0 aliphatic rings. The number of carbonyl (C=O) groups excluding carboxylic acids is 1. The number of carbonyl (C=O) groups is 1. The van der Waals surface area contributed by atoms with Gasteiger partial charge in [-0.3, -0.25) is 9.78 Å². The first-order valence-electron chi connectivity index (χ1n) is 5.08. The van der Waals surface area contributed by atoms with Gasteiger partial charge in [-0.2, -0.15) is 11.3 Å². The van der Waals surface area contributed by atoms with E-state index in [-0.39, 0.29) is 5.78 Å². The largest absolute Gasteiger partial charge is 0.292 e. The number of aromatic nitrogens is 2. The molecule has 82 valence electrons. The lowest BCUT2D eigenvalue weighted by molar-refractivity contribution is 0.0977. The van der Waals surface area contributed by atoms with Gasteiger partial charge in [-0.1, -0.05) is 0 Å². The van der Waals surface area contributed by atoms with Crippen LogP contribution in [-0.4, -0.2) is 15.8 Å². The standard InChI is InChI=1S/C12H12N2OS/c1-9-6-14-11(7-13-9)12(15)3-2-10-4-5-16-8-10/h4-8H,2-3H2,1H3. The Morgan fingerprint density at radius 2 is 2.25 bits per heavy atom. The highest BCUT2D eigenvalue weighted by atomic mass is 32.1. The van der Waals surface area contributed by atoms with E-state index in [0.29, 0.717) is 12.1 Å². The summed E-state index contributed by atoms with van der Waals surface area (Å²) in [6.45, 7) is 1.85. The Labute approximate surface area is 98.2 Å². The van der Waals surface area contributed by atoms with Crippen molar-refractivity contribution in [1.29, 1.82) is 0 Å². The van der Waals surface area contributed by atoms with Crippen molar-refractivity contribution in [2.24, 2.45) is 0 Å². The lowest BCUT2D eigenvalue weighted by Gasteiger charge is -1.99. The summed E-state index contributed by atoms with van der Waals surface area (Å²) in [6.07, 6.45) is 4.44. The second kappa shape index (κ2) is 4.99. The van der Waals surface area contributed by atoms with E-state index in [2.05, 4.69) is 15.3 Å². The summed E-state index contributed by atoms with van der Waals surface area (Å²) < 4.78 is 0. The average molecular weight is 232 g/mol. The SMILES string of the molecule is Cc1cnc(C(=O)CCc2ccsc2)cn1. The van der Waals surface area contributed by atoms with Gasteiger partial charge in [0.2, 0.25) is 0 Å². The molecule has 0 aliphatic heterocycles. The fourth-order valence-electron chi connectivity index (χ4n) is 1.36. The van der Waals surface area contributed by atoms with E-state index in [1.807, 2.05) is 18.4 Å². The van der Waals surface area contributed by atoms with Crippen LogP contribution < -0.4 is 0 Å². The molecule has 2 rings (SSSR count). The van der Waals surface area contributed by atoms with Gasteiger partial charge in [-0.25, -0.2) is 4.98 Å². The van der Waals surface area contributed by atoms with Crippen LogP contribution in [0.5, 0.6) is 0 Å². The Hall–Kier alpha value is -1.55. The number of thiophene rings is 1. The van der Waals surface area contributed by atoms with E-state index in [9.17, 15) is 4.79 Å². The maximum absolute atomic E-state index is 11.8. The van der Waals surface area contributed by atoms with E-state index in [1.54, 1.807) is 23.7 Å². The highest BCUT2D eigenvalue weighted by molar-refractivity contribution is 7.07. The van der Waals surface area contributed by atoms with E-state index in [1.165, 1.54) is 5.56 Å². The zero-order valence-electron chi connectivity index (χ0n) is 9.01. The Bertz CT molecular complexity index is 462. The molecular weight excluding hydrogens is 220 g/mol. The van der Waals surface area contributed by atoms with Crippen LogP contribution in [0.2, 0.25) is 0 Å². The molecule has 0 bridgehead atoms. The van der Waals surface area contributed by atoms with Crippen LogP contribution in [0.1, 0.15) is 28.2 Å². The summed E-state index contributed by atoms with van der Waals surface area (Å²) in [7, 11) is 0. The summed E-state index contributed by atoms with van der Waals surface area (Å²) in [5.74, 6) is 0.0544. The van der Waals surface area contributed by atoms with Gasteiger partial charge in [-0.05, 0) is 35.7 Å². The van der Waals surface area contributed by atoms with Gasteiger partial charge < -0.3 is 0 Å². The second-order valence-electron chi connectivity index (χ2n) is 3.60. The van der Waals surface area contributed by atoms with E-state index < -0.39 is 0 Å². The minimum absolute atomic E-state index is 0.0544. The number of rotatable bonds is 4. The summed E-state index contributed by atoms with van der Waals surface area (Å²) in [5.41, 5.74) is 2.49. The van der Waals surface area contributed by atoms with E-state index in [4.69, 9.17) is 0 Å².